The lowest BCUT2D eigenvalue weighted by molar-refractivity contribution is -0.130. The normalized spacial score (nSPS) is 14.7. The molecule has 0 N–H and O–H groups in total. The molecule has 1 amide bonds. The van der Waals surface area contributed by atoms with E-state index in [4.69, 9.17) is 4.74 Å². The van der Waals surface area contributed by atoms with Gasteiger partial charge >= 0.3 is 0 Å². The summed E-state index contributed by atoms with van der Waals surface area (Å²) in [5.41, 5.74) is 2.43. The molecule has 0 atom stereocenters. The van der Waals surface area contributed by atoms with Crippen molar-refractivity contribution in [2.24, 2.45) is 0 Å². The summed E-state index contributed by atoms with van der Waals surface area (Å²) < 4.78 is 5.52. The summed E-state index contributed by atoms with van der Waals surface area (Å²) in [6, 6.07) is 30.5. The van der Waals surface area contributed by atoms with Crippen LogP contribution >= 0.6 is 0 Å². The number of hydrogen-bond donors (Lipinski definition) is 0. The molecule has 0 saturated carbocycles. The number of carbonyl (C=O) groups is 1. The smallest absolute Gasteiger partial charge is 0.251 e. The Bertz CT molecular complexity index is 750. The van der Waals surface area contributed by atoms with Crippen molar-refractivity contribution < 1.29 is 9.53 Å². The van der Waals surface area contributed by atoms with E-state index >= 15 is 0 Å². The molecule has 3 heteroatoms. The first-order valence-electron chi connectivity index (χ1n) is 8.38. The zero-order chi connectivity index (χ0) is 17.1. The number of carbonyl (C=O) groups excluding carboxylic acids is 1. The molecule has 0 spiro atoms. The van der Waals surface area contributed by atoms with Crippen molar-refractivity contribution in [2.45, 2.75) is 5.54 Å². The zero-order valence-corrected chi connectivity index (χ0v) is 13.8. The largest absolute Gasteiger partial charge is 0.351 e. The molecule has 3 aromatic carbocycles. The van der Waals surface area contributed by atoms with E-state index in [-0.39, 0.29) is 19.2 Å². The first-order valence-corrected chi connectivity index (χ1v) is 8.38. The minimum absolute atomic E-state index is 0.00319. The van der Waals surface area contributed by atoms with E-state index in [1.807, 2.05) is 59.5 Å². The molecule has 0 bridgehead atoms. The topological polar surface area (TPSA) is 29.5 Å². The van der Waals surface area contributed by atoms with E-state index in [0.29, 0.717) is 0 Å². The first kappa shape index (κ1) is 15.6. The fourth-order valence-electron chi connectivity index (χ4n) is 3.66. The van der Waals surface area contributed by atoms with Gasteiger partial charge in [-0.25, -0.2) is 0 Å². The van der Waals surface area contributed by atoms with Crippen LogP contribution < -0.4 is 0 Å². The maximum absolute atomic E-state index is 12.7. The van der Waals surface area contributed by atoms with Gasteiger partial charge in [-0.1, -0.05) is 91.0 Å². The summed E-state index contributed by atoms with van der Waals surface area (Å²) in [5, 5.41) is 0. The molecule has 0 aromatic heterocycles. The molecular formula is C22H19NO2. The van der Waals surface area contributed by atoms with Crippen LogP contribution in [-0.4, -0.2) is 24.1 Å². The predicted octanol–water partition coefficient (Wildman–Crippen LogP) is 3.79. The summed E-state index contributed by atoms with van der Waals surface area (Å²) in [6.45, 7) is 0.395. The van der Waals surface area contributed by atoms with Crippen molar-refractivity contribution in [1.29, 1.82) is 0 Å². The highest BCUT2D eigenvalue weighted by Crippen LogP contribution is 2.43. The van der Waals surface area contributed by atoms with Crippen molar-refractivity contribution in [3.05, 3.63) is 108 Å². The molecule has 1 saturated heterocycles. The van der Waals surface area contributed by atoms with E-state index in [1.54, 1.807) is 0 Å². The lowest BCUT2D eigenvalue weighted by Gasteiger charge is -2.42. The molecule has 25 heavy (non-hydrogen) atoms. The molecule has 0 radical (unpaired) electrons. The van der Waals surface area contributed by atoms with Crippen LogP contribution in [-0.2, 0) is 15.1 Å². The third kappa shape index (κ3) is 2.53. The Morgan fingerprint density at radius 3 is 1.40 bits per heavy atom. The Balaban J connectivity index is 2.06. The number of ether oxygens (including phenoxy) is 1. The molecule has 3 aromatic rings. The van der Waals surface area contributed by atoms with Crippen molar-refractivity contribution in [1.82, 2.24) is 4.90 Å². The Labute approximate surface area is 147 Å². The van der Waals surface area contributed by atoms with E-state index in [1.165, 1.54) is 0 Å². The van der Waals surface area contributed by atoms with Gasteiger partial charge in [0.15, 0.2) is 0 Å². The fourth-order valence-corrected chi connectivity index (χ4v) is 3.66. The van der Waals surface area contributed by atoms with E-state index in [2.05, 4.69) is 36.4 Å². The molecule has 124 valence electrons. The zero-order valence-electron chi connectivity index (χ0n) is 13.8. The standard InChI is InChI=1S/C22H19NO2/c24-21-16-25-17-23(21)22(18-10-4-1-5-11-18,19-12-6-2-7-13-19)20-14-8-3-9-15-20/h1-15H,16-17H2. The first-order chi connectivity index (χ1) is 12.3. The molecule has 1 aliphatic heterocycles. The minimum Gasteiger partial charge on any atom is -0.351 e. The molecule has 0 aliphatic carbocycles. The number of hydrogen-bond acceptors (Lipinski definition) is 2. The van der Waals surface area contributed by atoms with Crippen LogP contribution in [0.4, 0.5) is 0 Å². The van der Waals surface area contributed by atoms with E-state index in [0.717, 1.165) is 16.7 Å². The second-order valence-corrected chi connectivity index (χ2v) is 6.11. The van der Waals surface area contributed by atoms with Gasteiger partial charge in [0.1, 0.15) is 18.9 Å². The van der Waals surface area contributed by atoms with Gasteiger partial charge in [-0.15, -0.1) is 0 Å². The van der Waals surface area contributed by atoms with Gasteiger partial charge in [-0.2, -0.15) is 0 Å². The Kier molecular flexibility index (Phi) is 4.08. The van der Waals surface area contributed by atoms with Crippen LogP contribution in [0.3, 0.4) is 0 Å². The number of rotatable bonds is 4. The second-order valence-electron chi connectivity index (χ2n) is 6.11. The lowest BCUT2D eigenvalue weighted by atomic mass is 9.75. The van der Waals surface area contributed by atoms with Crippen LogP contribution in [0.2, 0.25) is 0 Å². The van der Waals surface area contributed by atoms with Crippen molar-refractivity contribution in [3.8, 4) is 0 Å². The van der Waals surface area contributed by atoms with Gasteiger partial charge in [-0.3, -0.25) is 9.69 Å². The average molecular weight is 329 g/mol. The summed E-state index contributed by atoms with van der Waals surface area (Å²) in [6.07, 6.45) is 0. The van der Waals surface area contributed by atoms with Gasteiger partial charge in [0.25, 0.3) is 5.91 Å². The molecule has 1 heterocycles. The molecule has 0 unspecified atom stereocenters. The van der Waals surface area contributed by atoms with Gasteiger partial charge in [0.2, 0.25) is 0 Å². The summed E-state index contributed by atoms with van der Waals surface area (Å²) in [7, 11) is 0. The molecule has 3 nitrogen and oxygen atoms in total. The second kappa shape index (κ2) is 6.54. The van der Waals surface area contributed by atoms with E-state index in [9.17, 15) is 4.79 Å². The SMILES string of the molecule is O=C1COCN1C(c1ccccc1)(c1ccccc1)c1ccccc1. The minimum atomic E-state index is -0.711. The Hall–Kier alpha value is -2.91. The fraction of sp³-hybridized carbons (Fsp3) is 0.136. The highest BCUT2D eigenvalue weighted by Gasteiger charge is 2.46. The van der Waals surface area contributed by atoms with Gasteiger partial charge in [0, 0.05) is 0 Å². The maximum atomic E-state index is 12.7. The van der Waals surface area contributed by atoms with Crippen molar-refractivity contribution in [2.75, 3.05) is 13.3 Å². The van der Waals surface area contributed by atoms with Crippen LogP contribution in [0.15, 0.2) is 91.0 Å². The third-order valence-electron chi connectivity index (χ3n) is 4.73. The molecule has 1 aliphatic rings. The van der Waals surface area contributed by atoms with Gasteiger partial charge in [0.05, 0.1) is 0 Å². The van der Waals surface area contributed by atoms with Crippen molar-refractivity contribution in [3.63, 3.8) is 0 Å². The highest BCUT2D eigenvalue weighted by molar-refractivity contribution is 5.81. The average Bonchev–Trinajstić information content (AvgIpc) is 3.12. The maximum Gasteiger partial charge on any atom is 0.251 e. The Morgan fingerprint density at radius 1 is 0.680 bits per heavy atom. The summed E-state index contributed by atoms with van der Waals surface area (Å²) in [4.78, 5) is 14.6. The van der Waals surface area contributed by atoms with Crippen LogP contribution in [0, 0.1) is 0 Å². The number of amides is 1. The van der Waals surface area contributed by atoms with Gasteiger partial charge in [-0.05, 0) is 16.7 Å². The van der Waals surface area contributed by atoms with Crippen molar-refractivity contribution >= 4 is 5.91 Å². The summed E-state index contributed by atoms with van der Waals surface area (Å²) >= 11 is 0. The molecule has 4 rings (SSSR count). The van der Waals surface area contributed by atoms with E-state index < -0.39 is 5.54 Å². The predicted molar refractivity (Wildman–Crippen MR) is 96.9 cm³/mol. The number of benzene rings is 3. The monoisotopic (exact) mass is 329 g/mol. The molecule has 1 fully saturated rings. The van der Waals surface area contributed by atoms with Crippen LogP contribution in [0.5, 0.6) is 0 Å². The Morgan fingerprint density at radius 2 is 1.08 bits per heavy atom. The van der Waals surface area contributed by atoms with Crippen LogP contribution in [0.25, 0.3) is 0 Å². The van der Waals surface area contributed by atoms with Gasteiger partial charge < -0.3 is 4.74 Å². The highest BCUT2D eigenvalue weighted by atomic mass is 16.5. The number of nitrogens with zero attached hydrogens (tertiary/aromatic N) is 1. The quantitative estimate of drug-likeness (QED) is 0.682. The third-order valence-corrected chi connectivity index (χ3v) is 4.73. The summed E-state index contributed by atoms with van der Waals surface area (Å²) in [5.74, 6) is -0.00319. The molecular weight excluding hydrogens is 310 g/mol. The van der Waals surface area contributed by atoms with Crippen LogP contribution in [0.1, 0.15) is 16.7 Å². The lowest BCUT2D eigenvalue weighted by Crippen LogP contribution is -2.49.